The van der Waals surface area contributed by atoms with E-state index in [1.807, 2.05) is 0 Å². The Bertz CT molecular complexity index is 963. The number of nitrogens with one attached hydrogen (secondary N) is 1. The molecule has 0 bridgehead atoms. The van der Waals surface area contributed by atoms with E-state index in [9.17, 15) is 18.4 Å². The van der Waals surface area contributed by atoms with Crippen molar-refractivity contribution < 1.29 is 27.8 Å². The number of ether oxygens (including phenoxy) is 2. The normalized spacial score (nSPS) is 16.0. The van der Waals surface area contributed by atoms with Crippen LogP contribution in [0.25, 0.3) is 0 Å². The molecule has 0 radical (unpaired) electrons. The van der Waals surface area contributed by atoms with E-state index in [0.29, 0.717) is 25.4 Å². The average Bonchev–Trinajstić information content (AvgIpc) is 2.62. The minimum absolute atomic E-state index is 0.0260. The van der Waals surface area contributed by atoms with Crippen molar-refractivity contribution in [2.45, 2.75) is 0 Å². The average molecular weight is 409 g/mol. The van der Waals surface area contributed by atoms with Crippen molar-refractivity contribution in [1.82, 2.24) is 4.90 Å². The van der Waals surface area contributed by atoms with E-state index < -0.39 is 17.5 Å². The molecular formula is C19H15ClF2N2O4. The van der Waals surface area contributed by atoms with Gasteiger partial charge >= 0.3 is 0 Å². The summed E-state index contributed by atoms with van der Waals surface area (Å²) in [6, 6.07) is 6.46. The SMILES string of the molecule is O=C1COc2cc(F)c(C(=O)N3CC(COc4ccc(F)c(Cl)c4)C3)cc2N1. The first-order valence-electron chi connectivity index (χ1n) is 8.54. The molecule has 1 fully saturated rings. The van der Waals surface area contributed by atoms with Gasteiger partial charge in [-0.3, -0.25) is 9.59 Å². The second-order valence-corrected chi connectivity index (χ2v) is 7.04. The lowest BCUT2D eigenvalue weighted by Crippen LogP contribution is -2.52. The highest BCUT2D eigenvalue weighted by Crippen LogP contribution is 2.32. The summed E-state index contributed by atoms with van der Waals surface area (Å²) in [5.74, 6) is -1.37. The number of likely N-dealkylation sites (tertiary alicyclic amines) is 1. The molecule has 0 saturated carbocycles. The lowest BCUT2D eigenvalue weighted by molar-refractivity contribution is -0.118. The van der Waals surface area contributed by atoms with Crippen molar-refractivity contribution in [2.75, 3.05) is 31.6 Å². The maximum absolute atomic E-state index is 14.3. The number of hydrogen-bond acceptors (Lipinski definition) is 4. The number of nitrogens with zero attached hydrogens (tertiary/aromatic N) is 1. The van der Waals surface area contributed by atoms with Crippen molar-refractivity contribution in [1.29, 1.82) is 0 Å². The molecule has 4 rings (SSSR count). The van der Waals surface area contributed by atoms with Gasteiger partial charge in [0.05, 0.1) is 22.9 Å². The quantitative estimate of drug-likeness (QED) is 0.844. The smallest absolute Gasteiger partial charge is 0.262 e. The summed E-state index contributed by atoms with van der Waals surface area (Å²) < 4.78 is 38.1. The predicted molar refractivity (Wildman–Crippen MR) is 96.8 cm³/mol. The highest BCUT2D eigenvalue weighted by molar-refractivity contribution is 6.30. The van der Waals surface area contributed by atoms with Crippen LogP contribution in [0.2, 0.25) is 5.02 Å². The lowest BCUT2D eigenvalue weighted by atomic mass is 9.99. The Kier molecular flexibility index (Phi) is 4.80. The first-order chi connectivity index (χ1) is 13.4. The summed E-state index contributed by atoms with van der Waals surface area (Å²) in [5.41, 5.74) is 0.142. The minimum atomic E-state index is -0.708. The number of benzene rings is 2. The zero-order chi connectivity index (χ0) is 19.8. The first-order valence-corrected chi connectivity index (χ1v) is 8.92. The summed E-state index contributed by atoms with van der Waals surface area (Å²) in [7, 11) is 0. The Morgan fingerprint density at radius 2 is 2.04 bits per heavy atom. The van der Waals surface area contributed by atoms with E-state index in [4.69, 9.17) is 21.1 Å². The Hall–Kier alpha value is -2.87. The van der Waals surface area contributed by atoms with Gasteiger partial charge in [0.1, 0.15) is 23.1 Å². The summed E-state index contributed by atoms with van der Waals surface area (Å²) in [6.07, 6.45) is 0. The van der Waals surface area contributed by atoms with E-state index in [1.165, 1.54) is 29.2 Å². The third kappa shape index (κ3) is 3.60. The fourth-order valence-electron chi connectivity index (χ4n) is 3.06. The summed E-state index contributed by atoms with van der Waals surface area (Å²) in [5, 5.41) is 2.53. The second kappa shape index (κ2) is 7.27. The van der Waals surface area contributed by atoms with E-state index in [1.54, 1.807) is 0 Å². The van der Waals surface area contributed by atoms with Crippen LogP contribution < -0.4 is 14.8 Å². The molecule has 9 heteroatoms. The molecule has 0 aromatic heterocycles. The fraction of sp³-hybridized carbons (Fsp3) is 0.263. The van der Waals surface area contributed by atoms with Crippen molar-refractivity contribution in [3.8, 4) is 11.5 Å². The van der Waals surface area contributed by atoms with Crippen LogP contribution in [0, 0.1) is 17.6 Å². The second-order valence-electron chi connectivity index (χ2n) is 6.63. The number of hydrogen-bond donors (Lipinski definition) is 1. The molecule has 2 aliphatic rings. The summed E-state index contributed by atoms with van der Waals surface area (Å²) in [4.78, 5) is 25.4. The van der Waals surface area contributed by atoms with Crippen LogP contribution in [-0.2, 0) is 4.79 Å². The molecule has 0 unspecified atom stereocenters. The third-order valence-corrected chi connectivity index (χ3v) is 4.84. The topological polar surface area (TPSA) is 67.9 Å². The summed E-state index contributed by atoms with van der Waals surface area (Å²) >= 11 is 5.71. The van der Waals surface area contributed by atoms with Crippen LogP contribution in [0.4, 0.5) is 14.5 Å². The van der Waals surface area contributed by atoms with E-state index in [0.717, 1.165) is 6.07 Å². The Labute approximate surface area is 164 Å². The van der Waals surface area contributed by atoms with Gasteiger partial charge in [0.15, 0.2) is 6.61 Å². The Balaban J connectivity index is 1.35. The van der Waals surface area contributed by atoms with Gasteiger partial charge in [-0.05, 0) is 18.2 Å². The predicted octanol–water partition coefficient (Wildman–Crippen LogP) is 3.10. The molecule has 28 heavy (non-hydrogen) atoms. The van der Waals surface area contributed by atoms with Gasteiger partial charge in [-0.1, -0.05) is 11.6 Å². The monoisotopic (exact) mass is 408 g/mol. The fourth-order valence-corrected chi connectivity index (χ4v) is 3.23. The number of rotatable bonds is 4. The van der Waals surface area contributed by atoms with Gasteiger partial charge in [0.2, 0.25) is 0 Å². The molecule has 0 aliphatic carbocycles. The zero-order valence-electron chi connectivity index (χ0n) is 14.5. The van der Waals surface area contributed by atoms with Gasteiger partial charge < -0.3 is 19.7 Å². The highest BCUT2D eigenvalue weighted by Gasteiger charge is 2.33. The number of halogens is 3. The van der Waals surface area contributed by atoms with Crippen LogP contribution in [0.5, 0.6) is 11.5 Å². The number of carbonyl (C=O) groups excluding carboxylic acids is 2. The first kappa shape index (κ1) is 18.5. The van der Waals surface area contributed by atoms with Crippen molar-refractivity contribution in [3.63, 3.8) is 0 Å². The number of amides is 2. The number of anilines is 1. The van der Waals surface area contributed by atoms with Crippen LogP contribution in [0.15, 0.2) is 30.3 Å². The molecule has 146 valence electrons. The molecule has 2 amide bonds. The molecule has 6 nitrogen and oxygen atoms in total. The van der Waals surface area contributed by atoms with Gasteiger partial charge in [0, 0.05) is 31.1 Å². The third-order valence-electron chi connectivity index (χ3n) is 4.55. The van der Waals surface area contributed by atoms with Gasteiger partial charge in [-0.2, -0.15) is 0 Å². The molecule has 2 aromatic rings. The standard InChI is InChI=1S/C19H15ClF2N2O4/c20-13-3-11(1-2-14(13)21)27-8-10-6-24(7-10)19(26)12-4-16-17(5-15(12)22)28-9-18(25)23-16/h1-5,10H,6-9H2,(H,23,25). The van der Waals surface area contributed by atoms with Crippen molar-refractivity contribution in [3.05, 3.63) is 52.6 Å². The summed E-state index contributed by atoms with van der Waals surface area (Å²) in [6.45, 7) is 0.926. The molecule has 1 N–H and O–H groups in total. The van der Waals surface area contributed by atoms with Gasteiger partial charge in [0.25, 0.3) is 11.8 Å². The zero-order valence-corrected chi connectivity index (χ0v) is 15.3. The number of fused-ring (bicyclic) bond motifs is 1. The van der Waals surface area contributed by atoms with Crippen LogP contribution in [0.1, 0.15) is 10.4 Å². The van der Waals surface area contributed by atoms with E-state index >= 15 is 0 Å². The molecule has 0 atom stereocenters. The highest BCUT2D eigenvalue weighted by atomic mass is 35.5. The van der Waals surface area contributed by atoms with Crippen LogP contribution in [0.3, 0.4) is 0 Å². The van der Waals surface area contributed by atoms with Crippen molar-refractivity contribution in [2.24, 2.45) is 5.92 Å². The van der Waals surface area contributed by atoms with E-state index in [2.05, 4.69) is 5.32 Å². The molecule has 0 spiro atoms. The lowest BCUT2D eigenvalue weighted by Gasteiger charge is -2.39. The molecule has 2 aliphatic heterocycles. The maximum Gasteiger partial charge on any atom is 0.262 e. The number of carbonyl (C=O) groups is 2. The maximum atomic E-state index is 14.3. The molecule has 1 saturated heterocycles. The van der Waals surface area contributed by atoms with E-state index in [-0.39, 0.29) is 40.5 Å². The Morgan fingerprint density at radius 3 is 2.79 bits per heavy atom. The van der Waals surface area contributed by atoms with Gasteiger partial charge in [-0.15, -0.1) is 0 Å². The van der Waals surface area contributed by atoms with Gasteiger partial charge in [-0.25, -0.2) is 8.78 Å². The molecular weight excluding hydrogens is 394 g/mol. The largest absolute Gasteiger partial charge is 0.493 e. The van der Waals surface area contributed by atoms with Crippen LogP contribution in [-0.4, -0.2) is 43.0 Å². The molecule has 2 aromatic carbocycles. The Morgan fingerprint density at radius 1 is 1.25 bits per heavy atom. The van der Waals surface area contributed by atoms with Crippen LogP contribution >= 0.6 is 11.6 Å². The molecule has 2 heterocycles. The minimum Gasteiger partial charge on any atom is -0.493 e. The van der Waals surface area contributed by atoms with Crippen molar-refractivity contribution >= 4 is 29.1 Å².